The van der Waals surface area contributed by atoms with Gasteiger partial charge in [-0.3, -0.25) is 20.2 Å². The monoisotopic (exact) mass is 459 g/mol. The smallest absolute Gasteiger partial charge is 0.276 e. The van der Waals surface area contributed by atoms with Crippen LogP contribution in [0.2, 0.25) is 0 Å². The quantitative estimate of drug-likeness (QED) is 0.355. The number of benzene rings is 2. The largest absolute Gasteiger partial charge is 0.389 e. The summed E-state index contributed by atoms with van der Waals surface area (Å²) in [6.45, 7) is 4.28. The Hall–Kier alpha value is -3.49. The van der Waals surface area contributed by atoms with Gasteiger partial charge in [0.05, 0.1) is 27.5 Å². The standard InChI is InChI=1S/C14H17N3S2.C6H4N2O4/c1-3-8(2)6-9-4-5-10(7-15)12(14(17)19)11(9)13(16)18;9-7(10)5-2-1-3-6(4-5)8(11)12/h4-5,8H,3,6H2,1-2H3,(H2,16,18)(H2,17,19);1-4H. The normalized spacial score (nSPS) is 10.7. The maximum atomic E-state index is 10.2. The van der Waals surface area contributed by atoms with Crippen molar-refractivity contribution < 1.29 is 9.85 Å². The molecule has 0 radical (unpaired) electrons. The van der Waals surface area contributed by atoms with E-state index in [1.165, 1.54) is 18.2 Å². The lowest BCUT2D eigenvalue weighted by Gasteiger charge is -2.17. The minimum atomic E-state index is -0.674. The van der Waals surface area contributed by atoms with E-state index in [1.54, 1.807) is 6.07 Å². The zero-order chi connectivity index (χ0) is 23.7. The Labute approximate surface area is 190 Å². The van der Waals surface area contributed by atoms with Crippen molar-refractivity contribution in [2.45, 2.75) is 26.7 Å². The van der Waals surface area contributed by atoms with Crippen molar-refractivity contribution in [2.24, 2.45) is 17.4 Å². The number of hydrogen-bond donors (Lipinski definition) is 2. The van der Waals surface area contributed by atoms with Crippen LogP contribution in [0.1, 0.15) is 42.5 Å². The van der Waals surface area contributed by atoms with Crippen LogP contribution in [0.3, 0.4) is 0 Å². The van der Waals surface area contributed by atoms with Crippen LogP contribution in [0, 0.1) is 37.5 Å². The summed E-state index contributed by atoms with van der Waals surface area (Å²) >= 11 is 10.1. The van der Waals surface area contributed by atoms with Gasteiger partial charge < -0.3 is 11.5 Å². The molecule has 0 amide bonds. The van der Waals surface area contributed by atoms with Crippen molar-refractivity contribution in [2.75, 3.05) is 0 Å². The van der Waals surface area contributed by atoms with Crippen LogP contribution >= 0.6 is 24.4 Å². The molecule has 1 unspecified atom stereocenters. The average molecular weight is 460 g/mol. The zero-order valence-corrected chi connectivity index (χ0v) is 18.5. The van der Waals surface area contributed by atoms with Crippen LogP contribution in [-0.4, -0.2) is 19.8 Å². The summed E-state index contributed by atoms with van der Waals surface area (Å²) in [5, 5.41) is 29.5. The Bertz CT molecular complexity index is 1040. The highest BCUT2D eigenvalue weighted by atomic mass is 32.1. The lowest BCUT2D eigenvalue weighted by atomic mass is 9.90. The second-order valence-corrected chi connectivity index (χ2v) is 7.49. The van der Waals surface area contributed by atoms with E-state index >= 15 is 0 Å². The third-order valence-corrected chi connectivity index (χ3v) is 4.83. The van der Waals surface area contributed by atoms with Crippen molar-refractivity contribution in [3.8, 4) is 6.07 Å². The Kier molecular flexibility index (Phi) is 9.59. The van der Waals surface area contributed by atoms with Gasteiger partial charge in [0.2, 0.25) is 0 Å². The highest BCUT2D eigenvalue weighted by molar-refractivity contribution is 7.81. The lowest BCUT2D eigenvalue weighted by molar-refractivity contribution is -0.394. The molecule has 2 rings (SSSR count). The molecule has 31 heavy (non-hydrogen) atoms. The second kappa shape index (κ2) is 11.6. The first kappa shape index (κ1) is 25.5. The first-order valence-electron chi connectivity index (χ1n) is 9.07. The third-order valence-electron chi connectivity index (χ3n) is 4.42. The Morgan fingerprint density at radius 1 is 1.06 bits per heavy atom. The highest BCUT2D eigenvalue weighted by Gasteiger charge is 2.18. The number of nitro benzene ring substituents is 2. The summed E-state index contributed by atoms with van der Waals surface area (Å²) in [6, 6.07) is 10.3. The van der Waals surface area contributed by atoms with Gasteiger partial charge in [0.25, 0.3) is 11.4 Å². The van der Waals surface area contributed by atoms with Gasteiger partial charge >= 0.3 is 0 Å². The predicted molar refractivity (Wildman–Crippen MR) is 126 cm³/mol. The van der Waals surface area contributed by atoms with E-state index in [-0.39, 0.29) is 21.4 Å². The minimum absolute atomic E-state index is 0.158. The molecule has 1 atom stereocenters. The summed E-state index contributed by atoms with van der Waals surface area (Å²) in [6.07, 6.45) is 1.89. The minimum Gasteiger partial charge on any atom is -0.389 e. The molecule has 0 spiro atoms. The van der Waals surface area contributed by atoms with E-state index in [4.69, 9.17) is 41.2 Å². The molecule has 0 aliphatic carbocycles. The molecule has 0 heterocycles. The fraction of sp³-hybridized carbons (Fsp3) is 0.250. The van der Waals surface area contributed by atoms with Crippen molar-refractivity contribution in [1.29, 1.82) is 5.26 Å². The fourth-order valence-electron chi connectivity index (χ4n) is 2.69. The molecule has 0 aromatic heterocycles. The van der Waals surface area contributed by atoms with Crippen LogP contribution in [-0.2, 0) is 6.42 Å². The summed E-state index contributed by atoms with van der Waals surface area (Å²) in [7, 11) is 0. The first-order valence-corrected chi connectivity index (χ1v) is 9.89. The van der Waals surface area contributed by atoms with Gasteiger partial charge in [0, 0.05) is 23.3 Å². The topological polar surface area (TPSA) is 162 Å². The molecule has 4 N–H and O–H groups in total. The van der Waals surface area contributed by atoms with Crippen LogP contribution in [0.5, 0.6) is 0 Å². The summed E-state index contributed by atoms with van der Waals surface area (Å²) in [5.74, 6) is 0.500. The van der Waals surface area contributed by atoms with E-state index in [2.05, 4.69) is 19.9 Å². The molecule has 0 aliphatic heterocycles. The maximum absolute atomic E-state index is 10.2. The molecule has 9 nitrogen and oxygen atoms in total. The van der Waals surface area contributed by atoms with Gasteiger partial charge in [0.1, 0.15) is 9.98 Å². The Balaban J connectivity index is 0.000000343. The molecular weight excluding hydrogens is 438 g/mol. The zero-order valence-electron chi connectivity index (χ0n) is 16.9. The van der Waals surface area contributed by atoms with Crippen molar-refractivity contribution in [3.05, 3.63) is 78.9 Å². The predicted octanol–water partition coefficient (Wildman–Crippen LogP) is 3.92. The van der Waals surface area contributed by atoms with Crippen molar-refractivity contribution in [3.63, 3.8) is 0 Å². The van der Waals surface area contributed by atoms with Gasteiger partial charge in [-0.25, -0.2) is 0 Å². The molecular formula is C20H21N5O4S2. The number of hydrogen-bond acceptors (Lipinski definition) is 7. The van der Waals surface area contributed by atoms with Crippen LogP contribution in [0.4, 0.5) is 11.4 Å². The molecule has 0 aliphatic rings. The Morgan fingerprint density at radius 2 is 1.58 bits per heavy atom. The number of rotatable bonds is 7. The molecule has 0 saturated carbocycles. The molecule has 0 saturated heterocycles. The van der Waals surface area contributed by atoms with Gasteiger partial charge in [-0.15, -0.1) is 0 Å². The maximum Gasteiger partial charge on any atom is 0.276 e. The number of nitrogens with two attached hydrogens (primary N) is 2. The number of thiocarbonyl (C=S) groups is 2. The van der Waals surface area contributed by atoms with Gasteiger partial charge in [0.15, 0.2) is 0 Å². The van der Waals surface area contributed by atoms with Crippen molar-refractivity contribution in [1.82, 2.24) is 0 Å². The summed E-state index contributed by atoms with van der Waals surface area (Å²) in [4.78, 5) is 19.4. The molecule has 0 fully saturated rings. The van der Waals surface area contributed by atoms with E-state index in [9.17, 15) is 20.2 Å². The fourth-order valence-corrected chi connectivity index (χ4v) is 3.13. The van der Waals surface area contributed by atoms with Crippen molar-refractivity contribution >= 4 is 45.8 Å². The van der Waals surface area contributed by atoms with E-state index in [1.807, 2.05) is 6.07 Å². The molecule has 11 heteroatoms. The van der Waals surface area contributed by atoms with E-state index in [0.29, 0.717) is 22.6 Å². The third kappa shape index (κ3) is 7.06. The van der Waals surface area contributed by atoms with E-state index in [0.717, 1.165) is 24.5 Å². The molecule has 2 aromatic rings. The number of nitro groups is 2. The average Bonchev–Trinajstić information content (AvgIpc) is 2.73. The van der Waals surface area contributed by atoms with Crippen LogP contribution in [0.25, 0.3) is 0 Å². The number of non-ortho nitro benzene ring substituents is 2. The molecule has 2 aromatic carbocycles. The van der Waals surface area contributed by atoms with E-state index < -0.39 is 9.85 Å². The van der Waals surface area contributed by atoms with Crippen LogP contribution < -0.4 is 11.5 Å². The highest BCUT2D eigenvalue weighted by Crippen LogP contribution is 2.23. The SMILES string of the molecule is CCC(C)Cc1ccc(C#N)c(C(N)=S)c1C(N)=S.O=[N+]([O-])c1cccc([N+](=O)[O-])c1. The van der Waals surface area contributed by atoms with Crippen LogP contribution in [0.15, 0.2) is 36.4 Å². The number of nitriles is 1. The Morgan fingerprint density at radius 3 is 1.97 bits per heavy atom. The summed E-state index contributed by atoms with van der Waals surface area (Å²) < 4.78 is 0. The molecule has 0 bridgehead atoms. The molecule has 162 valence electrons. The lowest BCUT2D eigenvalue weighted by Crippen LogP contribution is -2.23. The van der Waals surface area contributed by atoms with Gasteiger partial charge in [-0.1, -0.05) is 50.8 Å². The van der Waals surface area contributed by atoms with Gasteiger partial charge in [-0.05, 0) is 30.0 Å². The van der Waals surface area contributed by atoms with Gasteiger partial charge in [-0.2, -0.15) is 5.26 Å². The second-order valence-electron chi connectivity index (χ2n) is 6.61. The first-order chi connectivity index (χ1) is 14.5. The number of nitrogens with zero attached hydrogens (tertiary/aromatic N) is 3. The summed E-state index contributed by atoms with van der Waals surface area (Å²) in [5.41, 5.74) is 13.6.